The Labute approximate surface area is 186 Å². The molecule has 0 spiro atoms. The Hall–Kier alpha value is -3.56. The molecule has 170 valence electrons. The van der Waals surface area contributed by atoms with Crippen LogP contribution in [0.2, 0.25) is 0 Å². The van der Waals surface area contributed by atoms with E-state index in [1.807, 2.05) is 31.2 Å². The quantitative estimate of drug-likeness (QED) is 0.616. The van der Waals surface area contributed by atoms with Gasteiger partial charge in [0.05, 0.1) is 32.7 Å². The minimum Gasteiger partial charge on any atom is -0.494 e. The summed E-state index contributed by atoms with van der Waals surface area (Å²) in [6.07, 6.45) is 3.54. The maximum atomic E-state index is 12.8. The molecular formula is C22H27N5O5. The number of hydrogen-bond acceptors (Lipinski definition) is 7. The van der Waals surface area contributed by atoms with Crippen molar-refractivity contribution in [1.82, 2.24) is 19.8 Å². The van der Waals surface area contributed by atoms with Crippen LogP contribution in [0.3, 0.4) is 0 Å². The average Bonchev–Trinajstić information content (AvgIpc) is 3.42. The van der Waals surface area contributed by atoms with Crippen LogP contribution < -0.4 is 19.1 Å². The van der Waals surface area contributed by atoms with Crippen molar-refractivity contribution >= 4 is 17.6 Å². The molecule has 0 aliphatic carbocycles. The highest BCUT2D eigenvalue weighted by molar-refractivity contribution is 5.96. The summed E-state index contributed by atoms with van der Waals surface area (Å²) in [6, 6.07) is 7.24. The number of carbonyl (C=O) groups excluding carboxylic acids is 2. The molecule has 1 unspecified atom stereocenters. The second kappa shape index (κ2) is 9.71. The van der Waals surface area contributed by atoms with Crippen LogP contribution in [0.5, 0.6) is 17.5 Å². The van der Waals surface area contributed by atoms with Gasteiger partial charge in [-0.25, -0.2) is 4.79 Å². The number of anilines is 1. The van der Waals surface area contributed by atoms with Gasteiger partial charge in [-0.1, -0.05) is 0 Å². The molecule has 2 saturated heterocycles. The third-order valence-corrected chi connectivity index (χ3v) is 5.47. The normalized spacial score (nSPS) is 18.2. The molecule has 0 bridgehead atoms. The summed E-state index contributed by atoms with van der Waals surface area (Å²) in [4.78, 5) is 38.8. The van der Waals surface area contributed by atoms with Crippen LogP contribution in [0.15, 0.2) is 36.7 Å². The Morgan fingerprint density at radius 3 is 2.66 bits per heavy atom. The lowest BCUT2D eigenvalue weighted by Crippen LogP contribution is -2.42. The number of methoxy groups -OCH3 is 1. The lowest BCUT2D eigenvalue weighted by atomic mass is 10.3. The summed E-state index contributed by atoms with van der Waals surface area (Å²) in [7, 11) is 1.51. The third-order valence-electron chi connectivity index (χ3n) is 5.47. The van der Waals surface area contributed by atoms with Crippen molar-refractivity contribution < 1.29 is 23.8 Å². The molecule has 0 saturated carbocycles. The van der Waals surface area contributed by atoms with Crippen LogP contribution in [-0.2, 0) is 4.79 Å². The van der Waals surface area contributed by atoms with Crippen molar-refractivity contribution in [2.24, 2.45) is 0 Å². The van der Waals surface area contributed by atoms with Crippen molar-refractivity contribution in [2.75, 3.05) is 51.3 Å². The molecule has 2 aliphatic heterocycles. The summed E-state index contributed by atoms with van der Waals surface area (Å²) >= 11 is 0. The molecule has 3 heterocycles. The van der Waals surface area contributed by atoms with E-state index in [1.165, 1.54) is 19.5 Å². The zero-order chi connectivity index (χ0) is 22.5. The first kappa shape index (κ1) is 21.7. The van der Waals surface area contributed by atoms with E-state index in [1.54, 1.807) is 14.7 Å². The fourth-order valence-electron chi connectivity index (χ4n) is 3.83. The fourth-order valence-corrected chi connectivity index (χ4v) is 3.83. The Morgan fingerprint density at radius 1 is 1.12 bits per heavy atom. The number of benzene rings is 1. The monoisotopic (exact) mass is 441 g/mol. The molecule has 10 heteroatoms. The topological polar surface area (TPSA) is 97.3 Å². The van der Waals surface area contributed by atoms with Crippen molar-refractivity contribution in [1.29, 1.82) is 0 Å². The van der Waals surface area contributed by atoms with E-state index < -0.39 is 0 Å². The van der Waals surface area contributed by atoms with Gasteiger partial charge in [0.25, 0.3) is 0 Å². The number of carbonyl (C=O) groups is 2. The van der Waals surface area contributed by atoms with Crippen LogP contribution >= 0.6 is 0 Å². The number of likely N-dealkylation sites (tertiary alicyclic amines) is 1. The van der Waals surface area contributed by atoms with Crippen LogP contribution in [-0.4, -0.2) is 84.3 Å². The second-order valence-electron chi connectivity index (χ2n) is 7.55. The molecule has 10 nitrogen and oxygen atoms in total. The van der Waals surface area contributed by atoms with E-state index in [4.69, 9.17) is 14.2 Å². The minimum atomic E-state index is -0.171. The molecule has 1 aromatic heterocycles. The Kier molecular flexibility index (Phi) is 6.58. The highest BCUT2D eigenvalue weighted by Gasteiger charge is 2.34. The fraction of sp³-hybridized carbons (Fsp3) is 0.455. The van der Waals surface area contributed by atoms with E-state index in [-0.39, 0.29) is 24.6 Å². The number of ether oxygens (including phenoxy) is 3. The van der Waals surface area contributed by atoms with Gasteiger partial charge in [-0.15, -0.1) is 0 Å². The molecule has 0 N–H and O–H groups in total. The van der Waals surface area contributed by atoms with Gasteiger partial charge < -0.3 is 24.0 Å². The molecular weight excluding hydrogens is 414 g/mol. The van der Waals surface area contributed by atoms with E-state index in [9.17, 15) is 9.59 Å². The molecule has 3 amide bonds. The van der Waals surface area contributed by atoms with Crippen molar-refractivity contribution in [3.05, 3.63) is 36.7 Å². The number of aromatic nitrogens is 2. The predicted octanol–water partition coefficient (Wildman–Crippen LogP) is 1.81. The Balaban J connectivity index is 1.29. The van der Waals surface area contributed by atoms with Crippen LogP contribution in [0.25, 0.3) is 0 Å². The van der Waals surface area contributed by atoms with Gasteiger partial charge in [-0.3, -0.25) is 14.7 Å². The standard InChI is InChI=1S/C22H27N5O5/c1-3-31-17-6-4-16(5-7-17)27-11-10-26(22(27)29)15-21(28)25-9-8-18(14-25)32-20-13-23-12-19(24-20)30-2/h4-7,12-13,18H,3,8-11,14-15H2,1-2H3. The predicted molar refractivity (Wildman–Crippen MR) is 116 cm³/mol. The molecule has 4 rings (SSSR count). The van der Waals surface area contributed by atoms with Gasteiger partial charge in [-0.05, 0) is 31.2 Å². The molecule has 2 aliphatic rings. The van der Waals surface area contributed by atoms with Gasteiger partial charge in [0, 0.05) is 31.7 Å². The van der Waals surface area contributed by atoms with Gasteiger partial charge in [0.2, 0.25) is 17.7 Å². The van der Waals surface area contributed by atoms with E-state index in [2.05, 4.69) is 9.97 Å². The van der Waals surface area contributed by atoms with Crippen LogP contribution in [0.1, 0.15) is 13.3 Å². The number of amides is 3. The Bertz CT molecular complexity index is 954. The number of nitrogens with zero attached hydrogens (tertiary/aromatic N) is 5. The molecule has 0 radical (unpaired) electrons. The Morgan fingerprint density at radius 2 is 1.91 bits per heavy atom. The molecule has 32 heavy (non-hydrogen) atoms. The highest BCUT2D eigenvalue weighted by Crippen LogP contribution is 2.24. The first-order chi connectivity index (χ1) is 15.6. The average molecular weight is 441 g/mol. The maximum absolute atomic E-state index is 12.8. The van der Waals surface area contributed by atoms with E-state index >= 15 is 0 Å². The molecule has 1 atom stereocenters. The summed E-state index contributed by atoms with van der Waals surface area (Å²) < 4.78 is 16.4. The first-order valence-corrected chi connectivity index (χ1v) is 10.7. The van der Waals surface area contributed by atoms with Crippen molar-refractivity contribution in [2.45, 2.75) is 19.4 Å². The first-order valence-electron chi connectivity index (χ1n) is 10.7. The summed E-state index contributed by atoms with van der Waals surface area (Å²) in [5.41, 5.74) is 0.794. The molecule has 1 aromatic carbocycles. The maximum Gasteiger partial charge on any atom is 0.325 e. The molecule has 2 aromatic rings. The summed E-state index contributed by atoms with van der Waals surface area (Å²) in [5.74, 6) is 1.41. The smallest absolute Gasteiger partial charge is 0.325 e. The van der Waals surface area contributed by atoms with E-state index in [0.717, 1.165) is 11.4 Å². The zero-order valence-electron chi connectivity index (χ0n) is 18.3. The lowest BCUT2D eigenvalue weighted by molar-refractivity contribution is -0.130. The van der Waals surface area contributed by atoms with Gasteiger partial charge in [-0.2, -0.15) is 4.98 Å². The van der Waals surface area contributed by atoms with Gasteiger partial charge >= 0.3 is 6.03 Å². The SMILES string of the molecule is CCOc1ccc(N2CCN(CC(=O)N3CCC(Oc4cncc(OC)n4)C3)C2=O)cc1. The summed E-state index contributed by atoms with van der Waals surface area (Å²) in [5, 5.41) is 0. The van der Waals surface area contributed by atoms with Crippen molar-refractivity contribution in [3.8, 4) is 17.5 Å². The minimum absolute atomic E-state index is 0.0536. The zero-order valence-corrected chi connectivity index (χ0v) is 18.3. The highest BCUT2D eigenvalue weighted by atomic mass is 16.5. The number of urea groups is 1. The molecule has 2 fully saturated rings. The number of hydrogen-bond donors (Lipinski definition) is 0. The van der Waals surface area contributed by atoms with E-state index in [0.29, 0.717) is 51.0 Å². The van der Waals surface area contributed by atoms with Gasteiger partial charge in [0.1, 0.15) is 18.4 Å². The number of rotatable bonds is 8. The van der Waals surface area contributed by atoms with Crippen LogP contribution in [0.4, 0.5) is 10.5 Å². The lowest BCUT2D eigenvalue weighted by Gasteiger charge is -2.22. The van der Waals surface area contributed by atoms with Crippen molar-refractivity contribution in [3.63, 3.8) is 0 Å². The van der Waals surface area contributed by atoms with Gasteiger partial charge in [0.15, 0.2) is 0 Å². The summed E-state index contributed by atoms with van der Waals surface area (Å²) in [6.45, 7) is 4.64. The van der Waals surface area contributed by atoms with Crippen LogP contribution in [0, 0.1) is 0 Å². The second-order valence-corrected chi connectivity index (χ2v) is 7.55. The largest absolute Gasteiger partial charge is 0.494 e. The third kappa shape index (κ3) is 4.84.